The number of aromatic nitrogens is 3. The summed E-state index contributed by atoms with van der Waals surface area (Å²) in [5.41, 5.74) is 0.0950. The van der Waals surface area contributed by atoms with Crippen molar-refractivity contribution >= 4 is 15.7 Å². The van der Waals surface area contributed by atoms with Gasteiger partial charge in [0.15, 0.2) is 5.82 Å². The van der Waals surface area contributed by atoms with E-state index in [4.69, 9.17) is 0 Å². The predicted molar refractivity (Wildman–Crippen MR) is 105 cm³/mol. The van der Waals surface area contributed by atoms with Gasteiger partial charge in [0.2, 0.25) is 0 Å². The van der Waals surface area contributed by atoms with Crippen molar-refractivity contribution in [1.82, 2.24) is 14.8 Å². The van der Waals surface area contributed by atoms with Crippen LogP contribution in [0.15, 0.2) is 53.4 Å². The summed E-state index contributed by atoms with van der Waals surface area (Å²) in [6, 6.07) is 10.1. The second-order valence-corrected chi connectivity index (χ2v) is 8.79. The maximum atomic E-state index is 12.7. The number of anilines is 1. The molecule has 6 nitrogen and oxygen atoms in total. The van der Waals surface area contributed by atoms with Crippen LogP contribution in [0.4, 0.5) is 18.9 Å². The van der Waals surface area contributed by atoms with E-state index >= 15 is 0 Å². The van der Waals surface area contributed by atoms with E-state index in [-0.39, 0.29) is 4.90 Å². The Balaban J connectivity index is 1.60. The number of halogens is 3. The van der Waals surface area contributed by atoms with Crippen LogP contribution in [-0.4, -0.2) is 23.2 Å². The normalized spacial score (nSPS) is 14.8. The fourth-order valence-electron chi connectivity index (χ4n) is 3.46. The van der Waals surface area contributed by atoms with Crippen molar-refractivity contribution in [2.24, 2.45) is 0 Å². The van der Waals surface area contributed by atoms with E-state index in [0.29, 0.717) is 17.1 Å². The molecule has 0 saturated carbocycles. The first-order chi connectivity index (χ1) is 14.2. The Labute approximate surface area is 171 Å². The lowest BCUT2D eigenvalue weighted by Crippen LogP contribution is -2.14. The highest BCUT2D eigenvalue weighted by Crippen LogP contribution is 2.30. The summed E-state index contributed by atoms with van der Waals surface area (Å²) in [4.78, 5) is -0.253. The molecule has 0 radical (unpaired) electrons. The first-order valence-corrected chi connectivity index (χ1v) is 10.9. The van der Waals surface area contributed by atoms with Crippen molar-refractivity contribution < 1.29 is 21.6 Å². The minimum absolute atomic E-state index is 0.253. The summed E-state index contributed by atoms with van der Waals surface area (Å²) in [5.74, 6) is 1.58. The lowest BCUT2D eigenvalue weighted by atomic mass is 10.2. The minimum atomic E-state index is -4.53. The van der Waals surface area contributed by atoms with Crippen LogP contribution in [-0.2, 0) is 29.2 Å². The number of rotatable bonds is 4. The van der Waals surface area contributed by atoms with Crippen molar-refractivity contribution in [3.8, 4) is 11.4 Å². The number of hydrogen-bond acceptors (Lipinski definition) is 4. The molecule has 158 valence electrons. The number of fused-ring (bicyclic) bond motifs is 1. The molecule has 0 spiro atoms. The zero-order chi connectivity index (χ0) is 21.4. The zero-order valence-electron chi connectivity index (χ0n) is 15.9. The van der Waals surface area contributed by atoms with Crippen molar-refractivity contribution in [2.45, 2.75) is 43.3 Å². The summed E-state index contributed by atoms with van der Waals surface area (Å²) >= 11 is 0. The van der Waals surface area contributed by atoms with Crippen LogP contribution in [0.2, 0.25) is 0 Å². The van der Waals surface area contributed by atoms with Crippen LogP contribution < -0.4 is 4.72 Å². The van der Waals surface area contributed by atoms with Gasteiger partial charge in [0.1, 0.15) is 5.82 Å². The van der Waals surface area contributed by atoms with Gasteiger partial charge in [-0.3, -0.25) is 4.72 Å². The van der Waals surface area contributed by atoms with Gasteiger partial charge in [-0.2, -0.15) is 13.2 Å². The van der Waals surface area contributed by atoms with Crippen molar-refractivity contribution in [3.05, 3.63) is 59.9 Å². The van der Waals surface area contributed by atoms with Crippen LogP contribution in [0.3, 0.4) is 0 Å². The monoisotopic (exact) mass is 436 g/mol. The SMILES string of the molecule is O=S(=O)(Nc1cccc(-c2nnc3n2CCCCC3)c1)c1ccc(C(F)(F)F)cc1. The standard InChI is InChI=1S/C20H19F3N4O2S/c21-20(22,23)15-8-10-17(11-9-15)30(28,29)26-16-6-4-5-14(13-16)19-25-24-18-7-2-1-3-12-27(18)19/h4-6,8-11,13,26H,1-3,7,12H2. The van der Waals surface area contributed by atoms with Gasteiger partial charge in [-0.05, 0) is 49.2 Å². The van der Waals surface area contributed by atoms with Gasteiger partial charge in [0.05, 0.1) is 10.5 Å². The smallest absolute Gasteiger partial charge is 0.311 e. The van der Waals surface area contributed by atoms with Gasteiger partial charge in [-0.25, -0.2) is 8.42 Å². The van der Waals surface area contributed by atoms with E-state index in [0.717, 1.165) is 62.3 Å². The van der Waals surface area contributed by atoms with Gasteiger partial charge >= 0.3 is 6.18 Å². The molecule has 0 aliphatic carbocycles. The Morgan fingerprint density at radius 1 is 0.967 bits per heavy atom. The lowest BCUT2D eigenvalue weighted by molar-refractivity contribution is -0.137. The zero-order valence-corrected chi connectivity index (χ0v) is 16.7. The number of sulfonamides is 1. The Morgan fingerprint density at radius 2 is 1.73 bits per heavy atom. The van der Waals surface area contributed by atoms with Gasteiger partial charge in [0.25, 0.3) is 10.0 Å². The molecule has 1 aliphatic rings. The highest BCUT2D eigenvalue weighted by Gasteiger charge is 2.30. The molecule has 0 unspecified atom stereocenters. The summed E-state index contributed by atoms with van der Waals surface area (Å²) < 4.78 is 67.8. The summed E-state index contributed by atoms with van der Waals surface area (Å²) in [6.45, 7) is 0.805. The fraction of sp³-hybridized carbons (Fsp3) is 0.300. The third kappa shape index (κ3) is 4.18. The van der Waals surface area contributed by atoms with Crippen molar-refractivity contribution in [1.29, 1.82) is 0 Å². The molecular formula is C20H19F3N4O2S. The van der Waals surface area contributed by atoms with Gasteiger partial charge < -0.3 is 4.57 Å². The van der Waals surface area contributed by atoms with Crippen LogP contribution in [0.1, 0.15) is 30.7 Å². The number of nitrogens with zero attached hydrogens (tertiary/aromatic N) is 3. The quantitative estimate of drug-likeness (QED) is 0.654. The second-order valence-electron chi connectivity index (χ2n) is 7.11. The summed E-state index contributed by atoms with van der Waals surface area (Å²) in [7, 11) is -4.04. The Bertz CT molecular complexity index is 1160. The maximum Gasteiger partial charge on any atom is 0.416 e. The molecule has 0 bridgehead atoms. The summed E-state index contributed by atoms with van der Waals surface area (Å²) in [6.07, 6.45) is -0.466. The van der Waals surface area contributed by atoms with Crippen LogP contribution in [0.25, 0.3) is 11.4 Å². The minimum Gasteiger partial charge on any atom is -0.311 e. The van der Waals surface area contributed by atoms with Crippen LogP contribution >= 0.6 is 0 Å². The predicted octanol–water partition coefficient (Wildman–Crippen LogP) is 4.49. The fourth-order valence-corrected chi connectivity index (χ4v) is 4.51. The van der Waals surface area contributed by atoms with Gasteiger partial charge in [-0.15, -0.1) is 10.2 Å². The maximum absolute atomic E-state index is 12.7. The highest BCUT2D eigenvalue weighted by atomic mass is 32.2. The molecule has 4 rings (SSSR count). The first-order valence-electron chi connectivity index (χ1n) is 9.47. The molecule has 1 aliphatic heterocycles. The lowest BCUT2D eigenvalue weighted by Gasteiger charge is -2.12. The van der Waals surface area contributed by atoms with E-state index in [1.165, 1.54) is 0 Å². The third-order valence-corrected chi connectivity index (χ3v) is 6.37. The molecule has 0 atom stereocenters. The Kier molecular flexibility index (Phi) is 5.27. The number of benzene rings is 2. The van der Waals surface area contributed by atoms with E-state index in [1.807, 2.05) is 6.07 Å². The molecule has 2 aromatic carbocycles. The Hall–Kier alpha value is -2.88. The average Bonchev–Trinajstić information content (AvgIpc) is 2.96. The molecule has 10 heteroatoms. The van der Waals surface area contributed by atoms with Crippen LogP contribution in [0.5, 0.6) is 0 Å². The molecule has 0 saturated heterocycles. The third-order valence-electron chi connectivity index (χ3n) is 4.97. The second kappa shape index (κ2) is 7.75. The highest BCUT2D eigenvalue weighted by molar-refractivity contribution is 7.92. The number of alkyl halides is 3. The van der Waals surface area contributed by atoms with Gasteiger partial charge in [0, 0.05) is 24.2 Å². The molecule has 2 heterocycles. The topological polar surface area (TPSA) is 76.9 Å². The molecule has 30 heavy (non-hydrogen) atoms. The molecule has 1 aromatic heterocycles. The summed E-state index contributed by atoms with van der Waals surface area (Å²) in [5, 5.41) is 8.52. The Morgan fingerprint density at radius 3 is 2.47 bits per heavy atom. The van der Waals surface area contributed by atoms with Crippen molar-refractivity contribution in [3.63, 3.8) is 0 Å². The van der Waals surface area contributed by atoms with E-state index in [1.54, 1.807) is 18.2 Å². The number of aryl methyl sites for hydroxylation is 1. The molecular weight excluding hydrogens is 417 g/mol. The van der Waals surface area contributed by atoms with Crippen LogP contribution in [0, 0.1) is 0 Å². The molecule has 3 aromatic rings. The van der Waals surface area contributed by atoms with E-state index < -0.39 is 21.8 Å². The number of nitrogens with one attached hydrogen (secondary N) is 1. The molecule has 0 fully saturated rings. The molecule has 0 amide bonds. The van der Waals surface area contributed by atoms with Gasteiger partial charge in [-0.1, -0.05) is 18.6 Å². The molecule has 1 N–H and O–H groups in total. The van der Waals surface area contributed by atoms with E-state index in [2.05, 4.69) is 19.5 Å². The first kappa shape index (κ1) is 20.4. The average molecular weight is 436 g/mol. The van der Waals surface area contributed by atoms with Crippen molar-refractivity contribution in [2.75, 3.05) is 4.72 Å². The largest absolute Gasteiger partial charge is 0.416 e. The van der Waals surface area contributed by atoms with E-state index in [9.17, 15) is 21.6 Å². The number of hydrogen-bond donors (Lipinski definition) is 1.